The van der Waals surface area contributed by atoms with Gasteiger partial charge in [-0.2, -0.15) is 0 Å². The maximum Gasteiger partial charge on any atom is 0.337 e. The van der Waals surface area contributed by atoms with Crippen molar-refractivity contribution in [2.45, 2.75) is 39.4 Å². The molecule has 13 heteroatoms. The van der Waals surface area contributed by atoms with Crippen LogP contribution in [0, 0.1) is 13.0 Å². The van der Waals surface area contributed by atoms with Crippen molar-refractivity contribution < 1.29 is 68.4 Å². The molecule has 0 bridgehead atoms. The summed E-state index contributed by atoms with van der Waals surface area (Å²) in [7, 11) is 4.84. The van der Waals surface area contributed by atoms with Gasteiger partial charge >= 0.3 is 17.9 Å². The molecular formula is C30H33IrN2O10-. The van der Waals surface area contributed by atoms with Gasteiger partial charge in [0.05, 0.1) is 63.2 Å². The molecule has 3 aromatic rings. The number of carbonyl (C=O) groups excluding carboxylic acids is 4. The maximum atomic E-state index is 12.3. The number of aliphatic hydroxyl groups excluding tert-OH is 2. The van der Waals surface area contributed by atoms with Crippen LogP contribution in [0.2, 0.25) is 0 Å². The van der Waals surface area contributed by atoms with Gasteiger partial charge in [-0.15, -0.1) is 18.2 Å². The van der Waals surface area contributed by atoms with Crippen LogP contribution in [0.3, 0.4) is 0 Å². The molecule has 1 heterocycles. The Morgan fingerprint density at radius 3 is 1.63 bits per heavy atom. The first-order valence-electron chi connectivity index (χ1n) is 12.6. The normalized spacial score (nSPS) is 11.5. The molecule has 233 valence electrons. The summed E-state index contributed by atoms with van der Waals surface area (Å²) in [6.45, 7) is 5.03. The van der Waals surface area contributed by atoms with Crippen LogP contribution in [0.5, 0.6) is 0 Å². The molecule has 0 aliphatic carbocycles. The Kier molecular flexibility index (Phi) is 14.8. The van der Waals surface area contributed by atoms with Crippen LogP contribution in [0.1, 0.15) is 67.4 Å². The number of aryl methyl sites for hydroxylation is 1. The topological polar surface area (TPSA) is 171 Å². The van der Waals surface area contributed by atoms with Gasteiger partial charge in [0, 0.05) is 32.0 Å². The van der Waals surface area contributed by atoms with Gasteiger partial charge in [0.25, 0.3) is 5.97 Å². The summed E-state index contributed by atoms with van der Waals surface area (Å²) in [6.07, 6.45) is 1.21. The number of aliphatic hydroxyl groups is 2. The Morgan fingerprint density at radius 2 is 1.21 bits per heavy atom. The van der Waals surface area contributed by atoms with Crippen LogP contribution in [-0.4, -0.2) is 84.7 Å². The summed E-state index contributed by atoms with van der Waals surface area (Å²) in [5.41, 5.74) is 1.80. The molecule has 2 atom stereocenters. The first-order valence-corrected chi connectivity index (χ1v) is 12.6. The van der Waals surface area contributed by atoms with Crippen LogP contribution in [0.15, 0.2) is 36.5 Å². The number of hydrogen-bond donors (Lipinski definition) is 2. The second-order valence-electron chi connectivity index (χ2n) is 9.10. The first-order chi connectivity index (χ1) is 19.8. The third-order valence-electron chi connectivity index (χ3n) is 5.57. The summed E-state index contributed by atoms with van der Waals surface area (Å²) < 4.78 is 19.2. The molecule has 3 rings (SSSR count). The van der Waals surface area contributed by atoms with Gasteiger partial charge in [0.1, 0.15) is 0 Å². The Balaban J connectivity index is 0.00000103. The third-order valence-corrected chi connectivity index (χ3v) is 5.57. The molecule has 2 aromatic carbocycles. The number of ether oxygens (including phenoxy) is 4. The number of benzene rings is 2. The van der Waals surface area contributed by atoms with E-state index in [0.717, 1.165) is 0 Å². The molecule has 12 nitrogen and oxygen atoms in total. The van der Waals surface area contributed by atoms with Gasteiger partial charge in [-0.05, 0) is 62.1 Å². The zero-order valence-electron chi connectivity index (χ0n) is 24.7. The average Bonchev–Trinajstić information content (AvgIpc) is 2.98. The quantitative estimate of drug-likeness (QED) is 0.195. The molecule has 2 unspecified atom stereocenters. The van der Waals surface area contributed by atoms with E-state index in [1.807, 2.05) is 0 Å². The smallest absolute Gasteiger partial charge is 0.337 e. The van der Waals surface area contributed by atoms with E-state index < -0.39 is 23.9 Å². The summed E-state index contributed by atoms with van der Waals surface area (Å²) in [5, 5.41) is 17.1. The predicted molar refractivity (Wildman–Crippen MR) is 150 cm³/mol. The summed E-state index contributed by atoms with van der Waals surface area (Å²) >= 11 is 0. The van der Waals surface area contributed by atoms with Crippen molar-refractivity contribution in [2.24, 2.45) is 0 Å². The summed E-state index contributed by atoms with van der Waals surface area (Å²) in [5.74, 6) is -2.76. The molecule has 2 N–H and O–H groups in total. The second-order valence-corrected chi connectivity index (χ2v) is 9.10. The van der Waals surface area contributed by atoms with E-state index in [-0.39, 0.29) is 71.5 Å². The van der Waals surface area contributed by atoms with Crippen molar-refractivity contribution >= 4 is 23.9 Å². The third kappa shape index (κ3) is 10.3. The Bertz CT molecular complexity index is 1380. The zero-order chi connectivity index (χ0) is 31.6. The molecule has 0 fully saturated rings. The fourth-order valence-corrected chi connectivity index (χ4v) is 3.76. The number of nitrogens with zero attached hydrogens (tertiary/aromatic N) is 2. The van der Waals surface area contributed by atoms with Crippen molar-refractivity contribution in [3.63, 3.8) is 0 Å². The number of hydrogen-bond acceptors (Lipinski definition) is 12. The van der Waals surface area contributed by atoms with E-state index in [4.69, 9.17) is 29.2 Å². The van der Waals surface area contributed by atoms with Crippen LogP contribution in [0.25, 0.3) is 22.5 Å². The Hall–Kier alpha value is -4.03. The SMILES string of the molecule is CC(O)CC(C)O.COC(=O)c1[c-]c(-c2ncc(C)nc2-c2cc(C(=O)OC)cc(C(=O)OC)c2)cc(C(=O)OC)c1.[Ir]. The molecule has 0 aliphatic rings. The van der Waals surface area contributed by atoms with Crippen LogP contribution in [-0.2, 0) is 39.1 Å². The molecule has 0 amide bonds. The van der Waals surface area contributed by atoms with E-state index in [2.05, 4.69) is 16.0 Å². The average molecular weight is 774 g/mol. The van der Waals surface area contributed by atoms with Crippen molar-refractivity contribution in [1.82, 2.24) is 9.97 Å². The molecular weight excluding hydrogens is 741 g/mol. The number of methoxy groups -OCH3 is 4. The molecule has 0 spiro atoms. The maximum absolute atomic E-state index is 12.3. The Labute approximate surface area is 262 Å². The van der Waals surface area contributed by atoms with Gasteiger partial charge in [-0.25, -0.2) is 14.4 Å². The predicted octanol–water partition coefficient (Wildman–Crippen LogP) is 3.20. The second kappa shape index (κ2) is 17.2. The minimum Gasteiger partial charge on any atom is -0.500 e. The fraction of sp³-hybridized carbons (Fsp3) is 0.333. The van der Waals surface area contributed by atoms with E-state index >= 15 is 0 Å². The Morgan fingerprint density at radius 1 is 0.744 bits per heavy atom. The largest absolute Gasteiger partial charge is 0.500 e. The van der Waals surface area contributed by atoms with Gasteiger partial charge in [-0.1, -0.05) is 5.56 Å². The minimum absolute atomic E-state index is 0. The van der Waals surface area contributed by atoms with Crippen LogP contribution < -0.4 is 0 Å². The van der Waals surface area contributed by atoms with E-state index in [1.165, 1.54) is 65.0 Å². The zero-order valence-corrected chi connectivity index (χ0v) is 27.1. The molecule has 43 heavy (non-hydrogen) atoms. The van der Waals surface area contributed by atoms with E-state index in [9.17, 15) is 19.2 Å². The van der Waals surface area contributed by atoms with Crippen LogP contribution >= 0.6 is 0 Å². The number of carbonyl (C=O) groups is 4. The number of esters is 4. The van der Waals surface area contributed by atoms with E-state index in [1.54, 1.807) is 20.8 Å². The first kappa shape index (κ1) is 37.0. The van der Waals surface area contributed by atoms with Gasteiger partial charge in [0.2, 0.25) is 0 Å². The molecule has 1 aromatic heterocycles. The van der Waals surface area contributed by atoms with E-state index in [0.29, 0.717) is 17.7 Å². The van der Waals surface area contributed by atoms with Gasteiger partial charge in [-0.3, -0.25) is 14.8 Å². The molecule has 0 saturated carbocycles. The van der Waals surface area contributed by atoms with Gasteiger partial charge < -0.3 is 29.2 Å². The van der Waals surface area contributed by atoms with Gasteiger partial charge in [0.15, 0.2) is 0 Å². The number of rotatable bonds is 8. The standard InChI is InChI=1S/C25H21N2O8.C5H12O2.Ir/c1-13-12-26-20(14-6-16(22(28)32-2)10-17(7-14)23(29)33-3)21(27-13)15-8-18(24(30)34-4)11-19(9-15)25(31)35-5;1-4(6)3-5(2)7;/h6,8-12H,1-5H3;4-7H,3H2,1-2H3;/q-1;;. The monoisotopic (exact) mass is 774 g/mol. The van der Waals surface area contributed by atoms with Crippen LogP contribution in [0.4, 0.5) is 0 Å². The summed E-state index contributed by atoms with van der Waals surface area (Å²) in [4.78, 5) is 58.0. The molecule has 0 aliphatic heterocycles. The van der Waals surface area contributed by atoms with Crippen molar-refractivity contribution in [2.75, 3.05) is 28.4 Å². The minimum atomic E-state index is -0.723. The van der Waals surface area contributed by atoms with Crippen molar-refractivity contribution in [3.8, 4) is 22.5 Å². The fourth-order valence-electron chi connectivity index (χ4n) is 3.76. The van der Waals surface area contributed by atoms with Crippen molar-refractivity contribution in [3.05, 3.63) is 70.5 Å². The summed E-state index contributed by atoms with van der Waals surface area (Å²) in [6, 6.07) is 9.92. The molecule has 1 radical (unpaired) electrons. The van der Waals surface area contributed by atoms with Crippen molar-refractivity contribution in [1.29, 1.82) is 0 Å². The molecule has 0 saturated heterocycles. The number of aromatic nitrogens is 2.